The molecule has 158 valence electrons. The summed E-state index contributed by atoms with van der Waals surface area (Å²) in [4.78, 5) is 12.5. The van der Waals surface area contributed by atoms with Gasteiger partial charge < -0.3 is 14.8 Å². The van der Waals surface area contributed by atoms with Crippen molar-refractivity contribution in [2.45, 2.75) is 19.6 Å². The van der Waals surface area contributed by atoms with Crippen LogP contribution >= 0.6 is 0 Å². The van der Waals surface area contributed by atoms with Crippen LogP contribution < -0.4 is 14.8 Å². The van der Waals surface area contributed by atoms with E-state index in [9.17, 15) is 18.0 Å². The van der Waals surface area contributed by atoms with Crippen molar-refractivity contribution in [2.75, 3.05) is 19.5 Å². The molecule has 0 fully saturated rings. The molecule has 3 aromatic rings. The Labute approximate surface area is 171 Å². The SMILES string of the molecule is COc1ccc(C(=O)Nc2cc(C)n(Cc3cccc(C(F)(F)F)c3)n2)cc1OC. The monoisotopic (exact) mass is 419 g/mol. The summed E-state index contributed by atoms with van der Waals surface area (Å²) >= 11 is 0. The van der Waals surface area contributed by atoms with Gasteiger partial charge in [0.1, 0.15) is 0 Å². The van der Waals surface area contributed by atoms with Gasteiger partial charge in [-0.25, -0.2) is 0 Å². The van der Waals surface area contributed by atoms with Crippen LogP contribution in [-0.4, -0.2) is 29.9 Å². The van der Waals surface area contributed by atoms with E-state index in [1.807, 2.05) is 0 Å². The molecule has 0 radical (unpaired) electrons. The summed E-state index contributed by atoms with van der Waals surface area (Å²) in [6, 6.07) is 11.5. The van der Waals surface area contributed by atoms with Crippen LogP contribution in [-0.2, 0) is 12.7 Å². The number of alkyl halides is 3. The third-order valence-corrected chi connectivity index (χ3v) is 4.46. The van der Waals surface area contributed by atoms with E-state index >= 15 is 0 Å². The summed E-state index contributed by atoms with van der Waals surface area (Å²) in [6.07, 6.45) is -4.41. The third kappa shape index (κ3) is 4.73. The van der Waals surface area contributed by atoms with Crippen LogP contribution in [0.1, 0.15) is 27.2 Å². The Bertz CT molecular complexity index is 1060. The highest BCUT2D eigenvalue weighted by Gasteiger charge is 2.30. The number of carbonyl (C=O) groups excluding carboxylic acids is 1. The van der Waals surface area contributed by atoms with Crippen molar-refractivity contribution in [2.24, 2.45) is 0 Å². The highest BCUT2D eigenvalue weighted by atomic mass is 19.4. The topological polar surface area (TPSA) is 65.4 Å². The molecule has 0 unspecified atom stereocenters. The molecule has 0 aliphatic rings. The number of carbonyl (C=O) groups is 1. The number of anilines is 1. The molecule has 0 aliphatic carbocycles. The number of nitrogens with zero attached hydrogens (tertiary/aromatic N) is 2. The van der Waals surface area contributed by atoms with Gasteiger partial charge in [0.05, 0.1) is 26.3 Å². The van der Waals surface area contributed by atoms with E-state index in [4.69, 9.17) is 9.47 Å². The van der Waals surface area contributed by atoms with Crippen molar-refractivity contribution in [1.29, 1.82) is 0 Å². The standard InChI is InChI=1S/C21H20F3N3O3/c1-13-9-19(25-20(28)15-7-8-17(29-2)18(11-15)30-3)26-27(13)12-14-5-4-6-16(10-14)21(22,23)24/h4-11H,12H2,1-3H3,(H,25,26,28). The molecular weight excluding hydrogens is 399 g/mol. The van der Waals surface area contributed by atoms with E-state index in [2.05, 4.69) is 10.4 Å². The lowest BCUT2D eigenvalue weighted by Crippen LogP contribution is -2.13. The summed E-state index contributed by atoms with van der Waals surface area (Å²) in [7, 11) is 2.97. The summed E-state index contributed by atoms with van der Waals surface area (Å²) in [5.74, 6) is 0.797. The van der Waals surface area contributed by atoms with Crippen LogP contribution in [0.4, 0.5) is 19.0 Å². The molecule has 6 nitrogen and oxygen atoms in total. The Morgan fingerprint density at radius 3 is 2.47 bits per heavy atom. The molecule has 0 atom stereocenters. The first-order valence-electron chi connectivity index (χ1n) is 8.95. The van der Waals surface area contributed by atoms with Crippen molar-refractivity contribution < 1.29 is 27.4 Å². The van der Waals surface area contributed by atoms with Crippen molar-refractivity contribution in [3.05, 3.63) is 70.9 Å². The molecule has 1 amide bonds. The van der Waals surface area contributed by atoms with Crippen LogP contribution in [0.25, 0.3) is 0 Å². The van der Waals surface area contributed by atoms with Crippen LogP contribution in [0.3, 0.4) is 0 Å². The number of nitrogens with one attached hydrogen (secondary N) is 1. The Kier molecular flexibility index (Phi) is 6.00. The number of benzene rings is 2. The van der Waals surface area contributed by atoms with Crippen LogP contribution in [0.5, 0.6) is 11.5 Å². The zero-order valence-electron chi connectivity index (χ0n) is 16.6. The number of ether oxygens (including phenoxy) is 2. The molecule has 30 heavy (non-hydrogen) atoms. The first-order chi connectivity index (χ1) is 14.2. The van der Waals surface area contributed by atoms with E-state index in [1.54, 1.807) is 37.3 Å². The Hall–Kier alpha value is -3.49. The van der Waals surface area contributed by atoms with Gasteiger partial charge in [-0.1, -0.05) is 12.1 Å². The van der Waals surface area contributed by atoms with Crippen molar-refractivity contribution in [3.8, 4) is 11.5 Å². The maximum atomic E-state index is 12.9. The lowest BCUT2D eigenvalue weighted by molar-refractivity contribution is -0.137. The second kappa shape index (κ2) is 8.48. The maximum Gasteiger partial charge on any atom is 0.416 e. The van der Waals surface area contributed by atoms with Crippen molar-refractivity contribution >= 4 is 11.7 Å². The van der Waals surface area contributed by atoms with Crippen LogP contribution in [0.15, 0.2) is 48.5 Å². The van der Waals surface area contributed by atoms with E-state index in [0.717, 1.165) is 12.1 Å². The molecule has 1 N–H and O–H groups in total. The number of amides is 1. The molecule has 0 saturated carbocycles. The van der Waals surface area contributed by atoms with Crippen LogP contribution in [0.2, 0.25) is 0 Å². The molecule has 0 bridgehead atoms. The number of hydrogen-bond donors (Lipinski definition) is 1. The summed E-state index contributed by atoms with van der Waals surface area (Å²) < 4.78 is 50.6. The predicted octanol–water partition coefficient (Wildman–Crippen LogP) is 4.53. The second-order valence-electron chi connectivity index (χ2n) is 6.55. The molecule has 0 aliphatic heterocycles. The number of aromatic nitrogens is 2. The maximum absolute atomic E-state index is 12.9. The fraction of sp³-hybridized carbons (Fsp3) is 0.238. The molecule has 9 heteroatoms. The molecular formula is C21H20F3N3O3. The van der Waals surface area contributed by atoms with Gasteiger partial charge in [-0.3, -0.25) is 9.48 Å². The lowest BCUT2D eigenvalue weighted by Gasteiger charge is -2.10. The van der Waals surface area contributed by atoms with E-state index < -0.39 is 17.6 Å². The first-order valence-corrected chi connectivity index (χ1v) is 8.95. The zero-order valence-corrected chi connectivity index (χ0v) is 16.6. The quantitative estimate of drug-likeness (QED) is 0.638. The lowest BCUT2D eigenvalue weighted by atomic mass is 10.1. The van der Waals surface area contributed by atoms with Gasteiger partial charge in [0, 0.05) is 17.3 Å². The summed E-state index contributed by atoms with van der Waals surface area (Å²) in [6.45, 7) is 1.90. The number of methoxy groups -OCH3 is 2. The molecule has 3 rings (SSSR count). The highest BCUT2D eigenvalue weighted by Crippen LogP contribution is 2.30. The third-order valence-electron chi connectivity index (χ3n) is 4.46. The van der Waals surface area contributed by atoms with Gasteiger partial charge in [-0.15, -0.1) is 0 Å². The largest absolute Gasteiger partial charge is 0.493 e. The Balaban J connectivity index is 1.76. The van der Waals surface area contributed by atoms with E-state index in [-0.39, 0.29) is 6.54 Å². The summed E-state index contributed by atoms with van der Waals surface area (Å²) in [5, 5.41) is 6.97. The van der Waals surface area contributed by atoms with Gasteiger partial charge in [0.15, 0.2) is 17.3 Å². The van der Waals surface area contributed by atoms with Crippen molar-refractivity contribution in [3.63, 3.8) is 0 Å². The number of aryl methyl sites for hydroxylation is 1. The fourth-order valence-electron chi connectivity index (χ4n) is 2.92. The Morgan fingerprint density at radius 1 is 1.07 bits per heavy atom. The zero-order chi connectivity index (χ0) is 21.9. The average molecular weight is 419 g/mol. The molecule has 0 spiro atoms. The van der Waals surface area contributed by atoms with Gasteiger partial charge >= 0.3 is 6.18 Å². The molecule has 0 saturated heterocycles. The number of hydrogen-bond acceptors (Lipinski definition) is 4. The molecule has 1 aromatic heterocycles. The minimum Gasteiger partial charge on any atom is -0.493 e. The highest BCUT2D eigenvalue weighted by molar-refractivity contribution is 6.04. The summed E-state index contributed by atoms with van der Waals surface area (Å²) in [5.41, 5.74) is 0.772. The van der Waals surface area contributed by atoms with E-state index in [1.165, 1.54) is 25.0 Å². The predicted molar refractivity (Wildman–Crippen MR) is 105 cm³/mol. The first kappa shape index (κ1) is 21.2. The van der Waals surface area contributed by atoms with Crippen LogP contribution in [0, 0.1) is 6.92 Å². The molecule has 1 heterocycles. The fourth-order valence-corrected chi connectivity index (χ4v) is 2.92. The number of rotatable bonds is 6. The van der Waals surface area contributed by atoms with E-state index in [0.29, 0.717) is 34.1 Å². The van der Waals surface area contributed by atoms with Gasteiger partial charge in [-0.2, -0.15) is 18.3 Å². The van der Waals surface area contributed by atoms with Gasteiger partial charge in [0.25, 0.3) is 5.91 Å². The van der Waals surface area contributed by atoms with Crippen molar-refractivity contribution in [1.82, 2.24) is 9.78 Å². The minimum atomic E-state index is -4.41. The minimum absolute atomic E-state index is 0.141. The molecule has 2 aromatic carbocycles. The Morgan fingerprint density at radius 2 is 1.80 bits per heavy atom. The normalized spacial score (nSPS) is 11.3. The van der Waals surface area contributed by atoms with Gasteiger partial charge in [0.2, 0.25) is 0 Å². The average Bonchev–Trinajstić information content (AvgIpc) is 3.05. The van der Waals surface area contributed by atoms with Gasteiger partial charge in [-0.05, 0) is 42.8 Å². The second-order valence-corrected chi connectivity index (χ2v) is 6.55. The smallest absolute Gasteiger partial charge is 0.416 e. The number of halogens is 3.